The molecule has 0 amide bonds. The molecule has 3 rings (SSSR count). The standard InChI is InChI=1S/C18H16ClFN2O6S2/c19-14-3-1-2-4-16(14)30(27,28)22-9-17(18(24,10-22)11-23)29(25,26)13-6-5-12(8-21)15(20)7-13/h1-7,17,23-24H,9-11H2/t17-,18-/m0/s1. The van der Waals surface area contributed by atoms with E-state index < -0.39 is 61.1 Å². The molecule has 0 saturated carbocycles. The van der Waals surface area contributed by atoms with Crippen LogP contribution in [0.25, 0.3) is 0 Å². The monoisotopic (exact) mass is 474 g/mol. The lowest BCUT2D eigenvalue weighted by Crippen LogP contribution is -2.49. The molecule has 8 nitrogen and oxygen atoms in total. The minimum absolute atomic E-state index is 0.0921. The van der Waals surface area contributed by atoms with Crippen LogP contribution in [0.2, 0.25) is 5.02 Å². The van der Waals surface area contributed by atoms with Gasteiger partial charge in [0.05, 0.1) is 22.1 Å². The van der Waals surface area contributed by atoms with Gasteiger partial charge < -0.3 is 10.2 Å². The average Bonchev–Trinajstić information content (AvgIpc) is 3.08. The number of halogens is 2. The Morgan fingerprint density at radius 2 is 1.90 bits per heavy atom. The zero-order valence-corrected chi connectivity index (χ0v) is 17.6. The van der Waals surface area contributed by atoms with Gasteiger partial charge in [-0.25, -0.2) is 21.2 Å². The molecule has 2 aromatic rings. The molecule has 0 aliphatic carbocycles. The van der Waals surface area contributed by atoms with Gasteiger partial charge in [-0.05, 0) is 30.3 Å². The van der Waals surface area contributed by atoms with Gasteiger partial charge in [0.2, 0.25) is 10.0 Å². The first kappa shape index (κ1) is 22.6. The van der Waals surface area contributed by atoms with E-state index in [1.165, 1.54) is 24.3 Å². The predicted octanol–water partition coefficient (Wildman–Crippen LogP) is 0.921. The van der Waals surface area contributed by atoms with E-state index in [1.807, 2.05) is 0 Å². The van der Waals surface area contributed by atoms with Gasteiger partial charge in [0.1, 0.15) is 27.6 Å². The zero-order valence-electron chi connectivity index (χ0n) is 15.2. The van der Waals surface area contributed by atoms with Crippen molar-refractivity contribution in [1.29, 1.82) is 5.26 Å². The van der Waals surface area contributed by atoms with Gasteiger partial charge in [0, 0.05) is 13.1 Å². The first-order valence-corrected chi connectivity index (χ1v) is 11.9. The first-order chi connectivity index (χ1) is 14.0. The summed E-state index contributed by atoms with van der Waals surface area (Å²) >= 11 is 5.96. The Bertz CT molecular complexity index is 1250. The summed E-state index contributed by atoms with van der Waals surface area (Å²) in [5.74, 6) is -1.08. The molecular weight excluding hydrogens is 459 g/mol. The van der Waals surface area contributed by atoms with E-state index in [1.54, 1.807) is 6.07 Å². The van der Waals surface area contributed by atoms with Gasteiger partial charge in [-0.3, -0.25) is 0 Å². The lowest BCUT2D eigenvalue weighted by atomic mass is 10.1. The normalized spacial score (nSPS) is 22.7. The number of sulfonamides is 1. The maximum absolute atomic E-state index is 14.0. The van der Waals surface area contributed by atoms with Crippen molar-refractivity contribution in [2.24, 2.45) is 0 Å². The quantitative estimate of drug-likeness (QED) is 0.657. The molecule has 0 bridgehead atoms. The second-order valence-electron chi connectivity index (χ2n) is 6.78. The van der Waals surface area contributed by atoms with Gasteiger partial charge in [0.15, 0.2) is 9.84 Å². The van der Waals surface area contributed by atoms with Crippen LogP contribution in [0.4, 0.5) is 4.39 Å². The molecule has 0 unspecified atom stereocenters. The van der Waals surface area contributed by atoms with Gasteiger partial charge >= 0.3 is 0 Å². The van der Waals surface area contributed by atoms with Crippen LogP contribution >= 0.6 is 11.6 Å². The molecule has 0 radical (unpaired) electrons. The Kier molecular flexibility index (Phi) is 5.94. The summed E-state index contributed by atoms with van der Waals surface area (Å²) in [5, 5.41) is 27.4. The number of sulfone groups is 1. The number of benzene rings is 2. The fourth-order valence-electron chi connectivity index (χ4n) is 3.27. The Hall–Kier alpha value is -2.07. The molecule has 1 aliphatic heterocycles. The largest absolute Gasteiger partial charge is 0.393 e. The van der Waals surface area contributed by atoms with Crippen molar-refractivity contribution in [2.75, 3.05) is 19.7 Å². The molecule has 30 heavy (non-hydrogen) atoms. The van der Waals surface area contributed by atoms with Crippen LogP contribution in [-0.4, -0.2) is 61.9 Å². The van der Waals surface area contributed by atoms with Crippen molar-refractivity contribution >= 4 is 31.5 Å². The molecular formula is C18H16ClFN2O6S2. The third-order valence-electron chi connectivity index (χ3n) is 4.91. The zero-order chi connectivity index (χ0) is 22.3. The Labute approximate surface area is 177 Å². The number of aliphatic hydroxyl groups is 2. The second kappa shape index (κ2) is 7.88. The third kappa shape index (κ3) is 3.71. The van der Waals surface area contributed by atoms with Crippen molar-refractivity contribution < 1.29 is 31.4 Å². The third-order valence-corrected chi connectivity index (χ3v) is 9.47. The Morgan fingerprint density at radius 1 is 1.23 bits per heavy atom. The summed E-state index contributed by atoms with van der Waals surface area (Å²) in [4.78, 5) is -0.831. The smallest absolute Gasteiger partial charge is 0.244 e. The number of aliphatic hydroxyl groups excluding tert-OH is 1. The second-order valence-corrected chi connectivity index (χ2v) is 11.2. The van der Waals surface area contributed by atoms with E-state index in [0.29, 0.717) is 10.4 Å². The molecule has 1 fully saturated rings. The van der Waals surface area contributed by atoms with E-state index in [-0.39, 0.29) is 15.5 Å². The molecule has 2 aromatic carbocycles. The molecule has 2 atom stereocenters. The highest BCUT2D eigenvalue weighted by Gasteiger charge is 2.55. The molecule has 160 valence electrons. The highest BCUT2D eigenvalue weighted by atomic mass is 35.5. The topological polar surface area (TPSA) is 136 Å². The van der Waals surface area contributed by atoms with Crippen LogP contribution in [0.1, 0.15) is 5.56 Å². The summed E-state index contributed by atoms with van der Waals surface area (Å²) < 4.78 is 66.7. The first-order valence-electron chi connectivity index (χ1n) is 8.49. The number of hydrogen-bond donors (Lipinski definition) is 2. The maximum Gasteiger partial charge on any atom is 0.244 e. The van der Waals surface area contributed by atoms with Gasteiger partial charge in [-0.2, -0.15) is 9.57 Å². The van der Waals surface area contributed by atoms with Crippen molar-refractivity contribution in [3.05, 3.63) is 58.9 Å². The molecule has 2 N–H and O–H groups in total. The summed E-state index contributed by atoms with van der Waals surface area (Å²) in [5.41, 5.74) is -2.71. The van der Waals surface area contributed by atoms with Gasteiger partial charge in [-0.15, -0.1) is 0 Å². The van der Waals surface area contributed by atoms with E-state index in [4.69, 9.17) is 16.9 Å². The fraction of sp³-hybridized carbons (Fsp3) is 0.278. The van der Waals surface area contributed by atoms with E-state index in [0.717, 1.165) is 12.1 Å². The van der Waals surface area contributed by atoms with Crippen LogP contribution in [-0.2, 0) is 19.9 Å². The van der Waals surface area contributed by atoms with Crippen LogP contribution in [0.15, 0.2) is 52.3 Å². The minimum Gasteiger partial charge on any atom is -0.393 e. The molecule has 0 spiro atoms. The molecule has 1 aliphatic rings. The van der Waals surface area contributed by atoms with Crippen LogP contribution in [0.3, 0.4) is 0 Å². The van der Waals surface area contributed by atoms with Crippen LogP contribution in [0.5, 0.6) is 0 Å². The Balaban J connectivity index is 2.05. The predicted molar refractivity (Wildman–Crippen MR) is 104 cm³/mol. The highest BCUT2D eigenvalue weighted by molar-refractivity contribution is 7.92. The van der Waals surface area contributed by atoms with E-state index >= 15 is 0 Å². The molecule has 12 heteroatoms. The van der Waals surface area contributed by atoms with Crippen molar-refractivity contribution in [3.63, 3.8) is 0 Å². The maximum atomic E-state index is 14.0. The summed E-state index contributed by atoms with van der Waals surface area (Å²) in [7, 11) is -8.79. The number of β-amino-alcohol motifs (C(OH)–C–C–N with tert-alkyl or cyclic N) is 1. The van der Waals surface area contributed by atoms with E-state index in [2.05, 4.69) is 0 Å². The van der Waals surface area contributed by atoms with Gasteiger partial charge in [-0.1, -0.05) is 23.7 Å². The molecule has 0 aromatic heterocycles. The number of rotatable bonds is 5. The average molecular weight is 475 g/mol. The van der Waals surface area contributed by atoms with Crippen LogP contribution < -0.4 is 0 Å². The van der Waals surface area contributed by atoms with E-state index in [9.17, 15) is 31.4 Å². The van der Waals surface area contributed by atoms with Crippen molar-refractivity contribution in [2.45, 2.75) is 20.6 Å². The van der Waals surface area contributed by atoms with Crippen molar-refractivity contribution in [1.82, 2.24) is 4.31 Å². The fourth-order valence-corrected chi connectivity index (χ4v) is 7.33. The summed E-state index contributed by atoms with van der Waals surface area (Å²) in [6, 6.07) is 9.66. The lowest BCUT2D eigenvalue weighted by Gasteiger charge is -2.26. The summed E-state index contributed by atoms with van der Waals surface area (Å²) in [6.45, 7) is -2.45. The number of hydrogen-bond acceptors (Lipinski definition) is 7. The molecule has 1 heterocycles. The van der Waals surface area contributed by atoms with Gasteiger partial charge in [0.25, 0.3) is 0 Å². The number of nitriles is 1. The number of nitrogens with zero attached hydrogens (tertiary/aromatic N) is 2. The van der Waals surface area contributed by atoms with Crippen molar-refractivity contribution in [3.8, 4) is 6.07 Å². The lowest BCUT2D eigenvalue weighted by molar-refractivity contribution is 0.00159. The Morgan fingerprint density at radius 3 is 2.47 bits per heavy atom. The highest BCUT2D eigenvalue weighted by Crippen LogP contribution is 2.36. The van der Waals surface area contributed by atoms with Crippen LogP contribution in [0, 0.1) is 17.1 Å². The SMILES string of the molecule is N#Cc1ccc(S(=O)(=O)[C@H]2CN(S(=O)(=O)c3ccccc3Cl)C[C@]2(O)CO)cc1F. The molecule has 1 saturated heterocycles. The summed E-state index contributed by atoms with van der Waals surface area (Å²) in [6.07, 6.45) is 0. The minimum atomic E-state index is -4.49.